The van der Waals surface area contributed by atoms with Crippen LogP contribution in [0.1, 0.15) is 36.8 Å². The van der Waals surface area contributed by atoms with E-state index in [1.54, 1.807) is 4.90 Å². The highest BCUT2D eigenvalue weighted by Crippen LogP contribution is 2.46. The van der Waals surface area contributed by atoms with Gasteiger partial charge in [-0.15, -0.1) is 0 Å². The minimum Gasteiger partial charge on any atom is -0.395 e. The van der Waals surface area contributed by atoms with Crippen molar-refractivity contribution < 1.29 is 9.90 Å². The predicted molar refractivity (Wildman–Crippen MR) is 92.3 cm³/mol. The van der Waals surface area contributed by atoms with Gasteiger partial charge in [0.25, 0.3) is 0 Å². The van der Waals surface area contributed by atoms with Crippen molar-refractivity contribution >= 4 is 5.91 Å². The van der Waals surface area contributed by atoms with Gasteiger partial charge in [-0.2, -0.15) is 0 Å². The Bertz CT molecular complexity index is 644. The molecule has 1 aliphatic rings. The highest BCUT2D eigenvalue weighted by molar-refractivity contribution is 5.84. The van der Waals surface area contributed by atoms with E-state index < -0.39 is 0 Å². The van der Waals surface area contributed by atoms with Crippen molar-refractivity contribution in [2.75, 3.05) is 19.7 Å². The molecule has 0 heterocycles. The van der Waals surface area contributed by atoms with Crippen molar-refractivity contribution in [1.29, 1.82) is 0 Å². The summed E-state index contributed by atoms with van der Waals surface area (Å²) in [6.07, 6.45) is 1.37. The van der Waals surface area contributed by atoms with E-state index in [0.29, 0.717) is 19.5 Å². The summed E-state index contributed by atoms with van der Waals surface area (Å²) in [4.78, 5) is 14.5. The average Bonchev–Trinajstić information content (AvgIpc) is 2.89. The highest BCUT2D eigenvalue weighted by atomic mass is 16.3. The molecule has 1 aliphatic carbocycles. The quantitative estimate of drug-likeness (QED) is 0.888. The molecule has 0 spiro atoms. The van der Waals surface area contributed by atoms with E-state index in [-0.39, 0.29) is 18.4 Å². The summed E-state index contributed by atoms with van der Waals surface area (Å²) in [5.41, 5.74) is 4.96. The van der Waals surface area contributed by atoms with E-state index in [1.165, 1.54) is 22.3 Å². The van der Waals surface area contributed by atoms with Crippen molar-refractivity contribution in [3.05, 3.63) is 59.7 Å². The molecule has 0 saturated heterocycles. The van der Waals surface area contributed by atoms with Gasteiger partial charge >= 0.3 is 0 Å². The Kier molecular flexibility index (Phi) is 4.77. The van der Waals surface area contributed by atoms with Gasteiger partial charge in [-0.25, -0.2) is 0 Å². The van der Waals surface area contributed by atoms with Crippen LogP contribution in [0.3, 0.4) is 0 Å². The molecular weight excluding hydrogens is 286 g/mol. The zero-order chi connectivity index (χ0) is 16.2. The standard InChI is InChI=1S/C20H23NO2/c1-2-11-21(12-13-22)20(23)14-19-17-9-5-3-7-15(17)16-8-4-6-10-18(16)19/h3-10,19,22H,2,11-14H2,1H3. The van der Waals surface area contributed by atoms with Gasteiger partial charge in [0.05, 0.1) is 6.61 Å². The summed E-state index contributed by atoms with van der Waals surface area (Å²) in [5, 5.41) is 9.19. The summed E-state index contributed by atoms with van der Waals surface area (Å²) in [7, 11) is 0. The molecule has 0 unspecified atom stereocenters. The number of carbonyl (C=O) groups is 1. The lowest BCUT2D eigenvalue weighted by molar-refractivity contribution is -0.132. The zero-order valence-corrected chi connectivity index (χ0v) is 13.5. The Balaban J connectivity index is 1.89. The number of fused-ring (bicyclic) bond motifs is 3. The SMILES string of the molecule is CCCN(CCO)C(=O)CC1c2ccccc2-c2ccccc21. The van der Waals surface area contributed by atoms with Crippen LogP contribution < -0.4 is 0 Å². The van der Waals surface area contributed by atoms with Crippen LogP contribution in [0.2, 0.25) is 0 Å². The third-order valence-corrected chi connectivity index (χ3v) is 4.56. The molecule has 23 heavy (non-hydrogen) atoms. The van der Waals surface area contributed by atoms with Crippen LogP contribution in [-0.2, 0) is 4.79 Å². The van der Waals surface area contributed by atoms with E-state index in [1.807, 2.05) is 12.1 Å². The highest BCUT2D eigenvalue weighted by Gasteiger charge is 2.30. The molecule has 0 fully saturated rings. The second kappa shape index (κ2) is 6.97. The molecule has 3 nitrogen and oxygen atoms in total. The fourth-order valence-corrected chi connectivity index (χ4v) is 3.54. The molecule has 1 N–H and O–H groups in total. The zero-order valence-electron chi connectivity index (χ0n) is 13.5. The summed E-state index contributed by atoms with van der Waals surface area (Å²) in [6, 6.07) is 16.7. The van der Waals surface area contributed by atoms with Crippen molar-refractivity contribution in [2.24, 2.45) is 0 Å². The van der Waals surface area contributed by atoms with E-state index >= 15 is 0 Å². The second-order valence-electron chi connectivity index (χ2n) is 6.04. The molecular formula is C20H23NO2. The van der Waals surface area contributed by atoms with E-state index in [2.05, 4.69) is 43.3 Å². The van der Waals surface area contributed by atoms with Crippen LogP contribution in [-0.4, -0.2) is 35.6 Å². The molecule has 2 aromatic carbocycles. The third-order valence-electron chi connectivity index (χ3n) is 4.56. The number of aliphatic hydroxyl groups excluding tert-OH is 1. The number of rotatable bonds is 6. The van der Waals surface area contributed by atoms with Crippen LogP contribution in [0.25, 0.3) is 11.1 Å². The molecule has 0 radical (unpaired) electrons. The van der Waals surface area contributed by atoms with Gasteiger partial charge in [0.2, 0.25) is 5.91 Å². The second-order valence-corrected chi connectivity index (χ2v) is 6.04. The number of hydrogen-bond acceptors (Lipinski definition) is 2. The summed E-state index contributed by atoms with van der Waals surface area (Å²) in [6.45, 7) is 3.19. The molecule has 0 saturated carbocycles. The molecule has 0 bridgehead atoms. The Labute approximate surface area is 137 Å². The van der Waals surface area contributed by atoms with Crippen molar-refractivity contribution in [3.8, 4) is 11.1 Å². The number of hydrogen-bond donors (Lipinski definition) is 1. The van der Waals surface area contributed by atoms with Crippen LogP contribution in [0.15, 0.2) is 48.5 Å². The Morgan fingerprint density at radius 2 is 1.57 bits per heavy atom. The molecule has 0 aromatic heterocycles. The summed E-state index contributed by atoms with van der Waals surface area (Å²) >= 11 is 0. The van der Waals surface area contributed by atoms with Gasteiger partial charge in [-0.1, -0.05) is 55.5 Å². The number of aliphatic hydroxyl groups is 1. The fraction of sp³-hybridized carbons (Fsp3) is 0.350. The lowest BCUT2D eigenvalue weighted by Gasteiger charge is -2.23. The van der Waals surface area contributed by atoms with Gasteiger partial charge in [-0.3, -0.25) is 4.79 Å². The normalized spacial score (nSPS) is 12.8. The maximum Gasteiger partial charge on any atom is 0.223 e. The number of nitrogens with zero attached hydrogens (tertiary/aromatic N) is 1. The lowest BCUT2D eigenvalue weighted by atomic mass is 9.93. The van der Waals surface area contributed by atoms with Crippen LogP contribution in [0.4, 0.5) is 0 Å². The fourth-order valence-electron chi connectivity index (χ4n) is 3.54. The minimum atomic E-state index is 0.0174. The average molecular weight is 309 g/mol. The first-order chi connectivity index (χ1) is 11.3. The van der Waals surface area contributed by atoms with E-state index in [0.717, 1.165) is 6.42 Å². The Morgan fingerprint density at radius 3 is 2.09 bits per heavy atom. The van der Waals surface area contributed by atoms with Gasteiger partial charge < -0.3 is 10.0 Å². The third kappa shape index (κ3) is 3.02. The van der Waals surface area contributed by atoms with Crippen molar-refractivity contribution in [3.63, 3.8) is 0 Å². The topological polar surface area (TPSA) is 40.5 Å². The van der Waals surface area contributed by atoms with E-state index in [9.17, 15) is 9.90 Å². The molecule has 3 heteroatoms. The van der Waals surface area contributed by atoms with Gasteiger partial charge in [0, 0.05) is 25.4 Å². The van der Waals surface area contributed by atoms with Crippen LogP contribution in [0, 0.1) is 0 Å². The largest absolute Gasteiger partial charge is 0.395 e. The number of carbonyl (C=O) groups excluding carboxylic acids is 1. The Hall–Kier alpha value is -2.13. The van der Waals surface area contributed by atoms with Gasteiger partial charge in [0.15, 0.2) is 0 Å². The summed E-state index contributed by atoms with van der Waals surface area (Å²) < 4.78 is 0. The van der Waals surface area contributed by atoms with Gasteiger partial charge in [-0.05, 0) is 28.7 Å². The van der Waals surface area contributed by atoms with Crippen molar-refractivity contribution in [1.82, 2.24) is 4.90 Å². The van der Waals surface area contributed by atoms with Crippen LogP contribution >= 0.6 is 0 Å². The maximum absolute atomic E-state index is 12.7. The van der Waals surface area contributed by atoms with Crippen molar-refractivity contribution in [2.45, 2.75) is 25.7 Å². The number of benzene rings is 2. The summed E-state index contributed by atoms with van der Waals surface area (Å²) in [5.74, 6) is 0.241. The first kappa shape index (κ1) is 15.8. The first-order valence-electron chi connectivity index (χ1n) is 8.33. The van der Waals surface area contributed by atoms with Gasteiger partial charge in [0.1, 0.15) is 0 Å². The molecule has 3 rings (SSSR count). The smallest absolute Gasteiger partial charge is 0.223 e. The van der Waals surface area contributed by atoms with Crippen LogP contribution in [0.5, 0.6) is 0 Å². The number of amides is 1. The molecule has 1 amide bonds. The monoisotopic (exact) mass is 309 g/mol. The first-order valence-corrected chi connectivity index (χ1v) is 8.33. The molecule has 2 aromatic rings. The maximum atomic E-state index is 12.7. The Morgan fingerprint density at radius 1 is 1.00 bits per heavy atom. The predicted octanol–water partition coefficient (Wildman–Crippen LogP) is 3.42. The van der Waals surface area contributed by atoms with E-state index in [4.69, 9.17) is 0 Å². The molecule has 0 aliphatic heterocycles. The molecule has 120 valence electrons. The molecule has 0 atom stereocenters. The lowest BCUT2D eigenvalue weighted by Crippen LogP contribution is -2.35. The minimum absolute atomic E-state index is 0.0174.